The summed E-state index contributed by atoms with van der Waals surface area (Å²) in [6.45, 7) is 7.64. The number of aryl methyl sites for hydroxylation is 2. The first-order valence-corrected chi connectivity index (χ1v) is 8.15. The second-order valence-corrected chi connectivity index (χ2v) is 6.43. The number of hydrogen-bond acceptors (Lipinski definition) is 3. The van der Waals surface area contributed by atoms with Crippen LogP contribution in [0.3, 0.4) is 0 Å². The number of hydrogen-bond donors (Lipinski definition) is 1. The lowest BCUT2D eigenvalue weighted by atomic mass is 10.0. The Kier molecular flexibility index (Phi) is 4.74. The van der Waals surface area contributed by atoms with Gasteiger partial charge in [0.2, 0.25) is 0 Å². The van der Waals surface area contributed by atoms with E-state index in [2.05, 4.69) is 53.3 Å². The Balaban J connectivity index is 1.51. The van der Waals surface area contributed by atoms with E-state index in [0.717, 1.165) is 19.6 Å². The van der Waals surface area contributed by atoms with Crippen molar-refractivity contribution in [1.82, 2.24) is 9.88 Å². The van der Waals surface area contributed by atoms with Crippen molar-refractivity contribution in [3.05, 3.63) is 59.4 Å². The van der Waals surface area contributed by atoms with Gasteiger partial charge in [0.25, 0.3) is 0 Å². The van der Waals surface area contributed by atoms with Gasteiger partial charge in [0.15, 0.2) is 0 Å². The molecule has 1 saturated heterocycles. The van der Waals surface area contributed by atoms with Crippen molar-refractivity contribution in [2.45, 2.75) is 39.3 Å². The normalized spacial score (nSPS) is 16.6. The molecule has 0 spiro atoms. The topological polar surface area (TPSA) is 28.2 Å². The van der Waals surface area contributed by atoms with Crippen LogP contribution in [0.5, 0.6) is 0 Å². The van der Waals surface area contributed by atoms with Crippen LogP contribution in [-0.2, 0) is 6.54 Å². The second kappa shape index (κ2) is 6.93. The summed E-state index contributed by atoms with van der Waals surface area (Å²) in [5, 5.41) is 3.71. The monoisotopic (exact) mass is 295 g/mol. The molecule has 2 aromatic rings. The fourth-order valence-corrected chi connectivity index (χ4v) is 3.28. The van der Waals surface area contributed by atoms with Crippen molar-refractivity contribution in [2.75, 3.05) is 18.4 Å². The summed E-state index contributed by atoms with van der Waals surface area (Å²) in [5.41, 5.74) is 5.24. The smallest absolute Gasteiger partial charge is 0.0347 e. The molecule has 0 atom stereocenters. The molecule has 1 fully saturated rings. The maximum atomic E-state index is 4.20. The van der Waals surface area contributed by atoms with Gasteiger partial charge in [0.05, 0.1) is 0 Å². The summed E-state index contributed by atoms with van der Waals surface area (Å²) in [4.78, 5) is 6.72. The van der Waals surface area contributed by atoms with Crippen molar-refractivity contribution in [3.63, 3.8) is 0 Å². The van der Waals surface area contributed by atoms with Gasteiger partial charge in [-0.05, 0) is 61.6 Å². The van der Waals surface area contributed by atoms with Crippen LogP contribution < -0.4 is 5.32 Å². The Hall–Kier alpha value is -1.87. The largest absolute Gasteiger partial charge is 0.382 e. The maximum Gasteiger partial charge on any atom is 0.0347 e. The van der Waals surface area contributed by atoms with E-state index in [-0.39, 0.29) is 0 Å². The minimum Gasteiger partial charge on any atom is -0.382 e. The molecule has 3 nitrogen and oxygen atoms in total. The van der Waals surface area contributed by atoms with Gasteiger partial charge in [0, 0.05) is 43.8 Å². The van der Waals surface area contributed by atoms with E-state index >= 15 is 0 Å². The van der Waals surface area contributed by atoms with Gasteiger partial charge in [-0.2, -0.15) is 0 Å². The van der Waals surface area contributed by atoms with Crippen LogP contribution in [0.2, 0.25) is 0 Å². The number of nitrogens with one attached hydrogen (secondary N) is 1. The molecule has 3 rings (SSSR count). The van der Waals surface area contributed by atoms with E-state index in [1.165, 1.54) is 35.2 Å². The molecule has 0 aliphatic carbocycles. The maximum absolute atomic E-state index is 4.20. The highest BCUT2D eigenvalue weighted by atomic mass is 15.1. The molecule has 1 aliphatic rings. The van der Waals surface area contributed by atoms with E-state index < -0.39 is 0 Å². The molecule has 0 bridgehead atoms. The summed E-state index contributed by atoms with van der Waals surface area (Å²) in [6, 6.07) is 11.5. The summed E-state index contributed by atoms with van der Waals surface area (Å²) < 4.78 is 0. The van der Waals surface area contributed by atoms with Crippen molar-refractivity contribution >= 4 is 5.69 Å². The van der Waals surface area contributed by atoms with Crippen LogP contribution in [0.1, 0.15) is 29.5 Å². The number of rotatable bonds is 4. The summed E-state index contributed by atoms with van der Waals surface area (Å²) in [7, 11) is 0. The molecule has 3 heteroatoms. The molecule has 0 unspecified atom stereocenters. The average molecular weight is 295 g/mol. The van der Waals surface area contributed by atoms with Gasteiger partial charge in [-0.25, -0.2) is 0 Å². The van der Waals surface area contributed by atoms with Gasteiger partial charge >= 0.3 is 0 Å². The number of anilines is 1. The number of piperidine rings is 1. The van der Waals surface area contributed by atoms with Crippen LogP contribution in [-0.4, -0.2) is 29.0 Å². The van der Waals surface area contributed by atoms with Crippen LogP contribution in [0.15, 0.2) is 42.7 Å². The zero-order valence-electron chi connectivity index (χ0n) is 13.5. The average Bonchev–Trinajstić information content (AvgIpc) is 2.49. The minimum atomic E-state index is 0.589. The highest BCUT2D eigenvalue weighted by Gasteiger charge is 2.19. The molecule has 0 amide bonds. The van der Waals surface area contributed by atoms with Crippen LogP contribution in [0.4, 0.5) is 5.69 Å². The molecule has 22 heavy (non-hydrogen) atoms. The molecule has 1 aliphatic heterocycles. The molecule has 1 aromatic carbocycles. The molecule has 0 saturated carbocycles. The summed E-state index contributed by atoms with van der Waals surface area (Å²) in [5.74, 6) is 0. The number of nitrogens with zero attached hydrogens (tertiary/aromatic N) is 2. The SMILES string of the molecule is Cc1cc(C)cc(NC2CCN(Cc3cccnc3)CC2)c1. The first kappa shape index (κ1) is 15.0. The van der Waals surface area contributed by atoms with Crippen molar-refractivity contribution in [2.24, 2.45) is 0 Å². The first-order valence-electron chi connectivity index (χ1n) is 8.15. The van der Waals surface area contributed by atoms with Crippen LogP contribution in [0, 0.1) is 13.8 Å². The third kappa shape index (κ3) is 4.08. The zero-order chi connectivity index (χ0) is 15.4. The van der Waals surface area contributed by atoms with Gasteiger partial charge in [0.1, 0.15) is 0 Å². The Morgan fingerprint density at radius 2 is 1.86 bits per heavy atom. The van der Waals surface area contributed by atoms with Crippen molar-refractivity contribution < 1.29 is 0 Å². The minimum absolute atomic E-state index is 0.589. The standard InChI is InChI=1S/C19H25N3/c1-15-10-16(2)12-19(11-15)21-18-5-8-22(9-6-18)14-17-4-3-7-20-13-17/h3-4,7,10-13,18,21H,5-6,8-9,14H2,1-2H3. The third-order valence-electron chi connectivity index (χ3n) is 4.31. The fraction of sp³-hybridized carbons (Fsp3) is 0.421. The lowest BCUT2D eigenvalue weighted by Crippen LogP contribution is -2.38. The lowest BCUT2D eigenvalue weighted by Gasteiger charge is -2.33. The van der Waals surface area contributed by atoms with Crippen LogP contribution >= 0.6 is 0 Å². The number of aromatic nitrogens is 1. The molecule has 116 valence electrons. The predicted octanol–water partition coefficient (Wildman–Crippen LogP) is 3.77. The van der Waals surface area contributed by atoms with E-state index in [9.17, 15) is 0 Å². The van der Waals surface area contributed by atoms with Gasteiger partial charge in [-0.15, -0.1) is 0 Å². The Labute approximate surface area is 133 Å². The molecule has 0 radical (unpaired) electrons. The fourth-order valence-electron chi connectivity index (χ4n) is 3.28. The van der Waals surface area contributed by atoms with E-state index in [1.807, 2.05) is 18.5 Å². The summed E-state index contributed by atoms with van der Waals surface area (Å²) in [6.07, 6.45) is 6.21. The predicted molar refractivity (Wildman–Crippen MR) is 92.1 cm³/mol. The van der Waals surface area contributed by atoms with Gasteiger partial charge < -0.3 is 5.32 Å². The Bertz CT molecular complexity index is 581. The highest BCUT2D eigenvalue weighted by molar-refractivity contribution is 5.49. The van der Waals surface area contributed by atoms with E-state index in [4.69, 9.17) is 0 Å². The van der Waals surface area contributed by atoms with E-state index in [0.29, 0.717) is 6.04 Å². The van der Waals surface area contributed by atoms with Crippen molar-refractivity contribution in [3.8, 4) is 0 Å². The van der Waals surface area contributed by atoms with Crippen molar-refractivity contribution in [1.29, 1.82) is 0 Å². The van der Waals surface area contributed by atoms with E-state index in [1.54, 1.807) is 0 Å². The number of likely N-dealkylation sites (tertiary alicyclic amines) is 1. The third-order valence-corrected chi connectivity index (χ3v) is 4.31. The highest BCUT2D eigenvalue weighted by Crippen LogP contribution is 2.20. The molecular formula is C19H25N3. The zero-order valence-corrected chi connectivity index (χ0v) is 13.5. The summed E-state index contributed by atoms with van der Waals surface area (Å²) >= 11 is 0. The Morgan fingerprint density at radius 1 is 1.14 bits per heavy atom. The van der Waals surface area contributed by atoms with Gasteiger partial charge in [-0.3, -0.25) is 9.88 Å². The molecule has 1 N–H and O–H groups in total. The van der Waals surface area contributed by atoms with Crippen LogP contribution in [0.25, 0.3) is 0 Å². The Morgan fingerprint density at radius 3 is 2.50 bits per heavy atom. The number of pyridine rings is 1. The molecule has 1 aromatic heterocycles. The number of benzene rings is 1. The van der Waals surface area contributed by atoms with Gasteiger partial charge in [-0.1, -0.05) is 12.1 Å². The second-order valence-electron chi connectivity index (χ2n) is 6.43. The molecule has 2 heterocycles. The lowest BCUT2D eigenvalue weighted by molar-refractivity contribution is 0.211. The quantitative estimate of drug-likeness (QED) is 0.930. The first-order chi connectivity index (χ1) is 10.7. The molecular weight excluding hydrogens is 270 g/mol.